The second-order valence-corrected chi connectivity index (χ2v) is 4.33. The van der Waals surface area contributed by atoms with Gasteiger partial charge in [0.05, 0.1) is 6.61 Å². The van der Waals surface area contributed by atoms with Gasteiger partial charge >= 0.3 is 0 Å². The molecule has 1 N–H and O–H groups in total. The fourth-order valence-corrected chi connectivity index (χ4v) is 2.18. The Labute approximate surface area is 105 Å². The van der Waals surface area contributed by atoms with Crippen molar-refractivity contribution in [3.05, 3.63) is 42.0 Å². The third-order valence-corrected chi connectivity index (χ3v) is 3.11. The van der Waals surface area contributed by atoms with E-state index in [1.807, 2.05) is 12.1 Å². The highest BCUT2D eigenvalue weighted by Crippen LogP contribution is 2.32. The van der Waals surface area contributed by atoms with E-state index in [0.717, 1.165) is 31.9 Å². The lowest BCUT2D eigenvalue weighted by molar-refractivity contribution is 0.325. The molecule has 1 aliphatic rings. The monoisotopic (exact) mass is 245 g/mol. The minimum absolute atomic E-state index is 0.434. The molecule has 1 aromatic carbocycles. The highest BCUT2D eigenvalue weighted by molar-refractivity contribution is 5.39. The van der Waals surface area contributed by atoms with E-state index in [2.05, 4.69) is 27.6 Å². The number of fused-ring (bicyclic) bond motifs is 1. The van der Waals surface area contributed by atoms with Crippen molar-refractivity contribution in [3.8, 4) is 5.75 Å². The maximum absolute atomic E-state index is 5.63. The number of aromatic nitrogens is 2. The Kier molecular flexibility index (Phi) is 3.23. The van der Waals surface area contributed by atoms with Crippen LogP contribution in [0.4, 0.5) is 0 Å². The number of hydrogen-bond acceptors (Lipinski definition) is 5. The fourth-order valence-electron chi connectivity index (χ4n) is 2.18. The molecule has 1 unspecified atom stereocenters. The summed E-state index contributed by atoms with van der Waals surface area (Å²) in [5, 5.41) is 6.97. The molecule has 1 atom stereocenters. The summed E-state index contributed by atoms with van der Waals surface area (Å²) in [6.45, 7) is 2.50. The van der Waals surface area contributed by atoms with Crippen molar-refractivity contribution < 1.29 is 9.26 Å². The van der Waals surface area contributed by atoms with E-state index in [1.165, 1.54) is 11.9 Å². The van der Waals surface area contributed by atoms with Gasteiger partial charge in [-0.2, -0.15) is 4.98 Å². The van der Waals surface area contributed by atoms with Crippen LogP contribution in [0.3, 0.4) is 0 Å². The molecule has 1 aliphatic heterocycles. The van der Waals surface area contributed by atoms with Crippen LogP contribution in [0.1, 0.15) is 17.4 Å². The molecule has 0 saturated carbocycles. The van der Waals surface area contributed by atoms with Crippen molar-refractivity contribution in [3.63, 3.8) is 0 Å². The highest BCUT2D eigenvalue weighted by Gasteiger charge is 2.22. The van der Waals surface area contributed by atoms with Gasteiger partial charge in [0.25, 0.3) is 0 Å². The van der Waals surface area contributed by atoms with Crippen LogP contribution in [0.15, 0.2) is 35.1 Å². The van der Waals surface area contributed by atoms with Crippen molar-refractivity contribution in [2.24, 2.45) is 0 Å². The van der Waals surface area contributed by atoms with E-state index >= 15 is 0 Å². The van der Waals surface area contributed by atoms with Gasteiger partial charge in [0, 0.05) is 31.0 Å². The third-order valence-electron chi connectivity index (χ3n) is 3.11. The normalized spacial score (nSPS) is 17.4. The van der Waals surface area contributed by atoms with Crippen molar-refractivity contribution in [1.29, 1.82) is 0 Å². The summed E-state index contributed by atoms with van der Waals surface area (Å²) in [4.78, 5) is 3.98. The Morgan fingerprint density at radius 1 is 1.33 bits per heavy atom. The number of nitrogens with one attached hydrogen (secondary N) is 1. The topological polar surface area (TPSA) is 60.2 Å². The lowest BCUT2D eigenvalue weighted by Crippen LogP contribution is -2.24. The molecule has 0 radical (unpaired) electrons. The van der Waals surface area contributed by atoms with Crippen molar-refractivity contribution in [2.75, 3.05) is 19.7 Å². The minimum atomic E-state index is 0.434. The predicted molar refractivity (Wildman–Crippen MR) is 65.5 cm³/mol. The SMILES string of the molecule is c1ccc2c(c1)OCC2CNCCc1ncno1. The summed E-state index contributed by atoms with van der Waals surface area (Å²) in [6, 6.07) is 8.21. The Morgan fingerprint density at radius 3 is 3.17 bits per heavy atom. The second kappa shape index (κ2) is 5.18. The molecular weight excluding hydrogens is 230 g/mol. The Hall–Kier alpha value is -1.88. The van der Waals surface area contributed by atoms with E-state index in [-0.39, 0.29) is 0 Å². The van der Waals surface area contributed by atoms with E-state index < -0.39 is 0 Å². The quantitative estimate of drug-likeness (QED) is 0.806. The molecule has 0 bridgehead atoms. The van der Waals surface area contributed by atoms with Gasteiger partial charge in [0.2, 0.25) is 5.89 Å². The van der Waals surface area contributed by atoms with E-state index in [4.69, 9.17) is 9.26 Å². The summed E-state index contributed by atoms with van der Waals surface area (Å²) < 4.78 is 10.6. The van der Waals surface area contributed by atoms with Gasteiger partial charge in [0.15, 0.2) is 6.33 Å². The van der Waals surface area contributed by atoms with E-state index in [0.29, 0.717) is 11.8 Å². The van der Waals surface area contributed by atoms with Gasteiger partial charge in [-0.25, -0.2) is 0 Å². The lowest BCUT2D eigenvalue weighted by Gasteiger charge is -2.09. The number of ether oxygens (including phenoxy) is 1. The van der Waals surface area contributed by atoms with Crippen LogP contribution >= 0.6 is 0 Å². The molecule has 0 aliphatic carbocycles. The standard InChI is InChI=1S/C13H15N3O2/c1-2-4-12-11(3-1)10(8-17-12)7-14-6-5-13-15-9-16-18-13/h1-4,9-10,14H,5-8H2. The van der Waals surface area contributed by atoms with E-state index in [9.17, 15) is 0 Å². The molecule has 2 aromatic rings. The summed E-state index contributed by atoms with van der Waals surface area (Å²) in [5.41, 5.74) is 1.29. The maximum atomic E-state index is 5.63. The van der Waals surface area contributed by atoms with Crippen LogP contribution in [-0.2, 0) is 6.42 Å². The van der Waals surface area contributed by atoms with Crippen molar-refractivity contribution in [2.45, 2.75) is 12.3 Å². The van der Waals surface area contributed by atoms with Gasteiger partial charge in [-0.15, -0.1) is 0 Å². The first-order valence-corrected chi connectivity index (χ1v) is 6.11. The average molecular weight is 245 g/mol. The van der Waals surface area contributed by atoms with Gasteiger partial charge in [-0.05, 0) is 6.07 Å². The largest absolute Gasteiger partial charge is 0.493 e. The fraction of sp³-hybridized carbons (Fsp3) is 0.385. The molecule has 94 valence electrons. The number of rotatable bonds is 5. The van der Waals surface area contributed by atoms with Crippen molar-refractivity contribution in [1.82, 2.24) is 15.5 Å². The lowest BCUT2D eigenvalue weighted by atomic mass is 10.0. The minimum Gasteiger partial charge on any atom is -0.493 e. The Bertz CT molecular complexity index is 499. The number of benzene rings is 1. The van der Waals surface area contributed by atoms with Crippen LogP contribution < -0.4 is 10.1 Å². The first kappa shape index (κ1) is 11.2. The zero-order valence-electron chi connectivity index (χ0n) is 10.0. The molecule has 3 rings (SSSR count). The molecule has 0 fully saturated rings. The average Bonchev–Trinajstić information content (AvgIpc) is 3.04. The van der Waals surface area contributed by atoms with Gasteiger partial charge in [-0.3, -0.25) is 0 Å². The summed E-state index contributed by atoms with van der Waals surface area (Å²) in [5.74, 6) is 2.12. The third kappa shape index (κ3) is 2.36. The first-order chi connectivity index (χ1) is 8.93. The maximum Gasteiger partial charge on any atom is 0.227 e. The van der Waals surface area contributed by atoms with Crippen LogP contribution in [0.2, 0.25) is 0 Å². The van der Waals surface area contributed by atoms with Crippen LogP contribution in [0.25, 0.3) is 0 Å². The number of hydrogen-bond donors (Lipinski definition) is 1. The molecule has 18 heavy (non-hydrogen) atoms. The predicted octanol–water partition coefficient (Wildman–Crippen LogP) is 1.38. The number of nitrogens with zero attached hydrogens (tertiary/aromatic N) is 2. The van der Waals surface area contributed by atoms with Gasteiger partial charge < -0.3 is 14.6 Å². The molecule has 0 spiro atoms. The molecular formula is C13H15N3O2. The van der Waals surface area contributed by atoms with Crippen molar-refractivity contribution >= 4 is 0 Å². The summed E-state index contributed by atoms with van der Waals surface area (Å²) >= 11 is 0. The molecule has 0 amide bonds. The first-order valence-electron chi connectivity index (χ1n) is 6.11. The Balaban J connectivity index is 1.47. The molecule has 5 nitrogen and oxygen atoms in total. The highest BCUT2D eigenvalue weighted by atomic mass is 16.5. The Morgan fingerprint density at radius 2 is 2.28 bits per heavy atom. The molecule has 5 heteroatoms. The van der Waals surface area contributed by atoms with Crippen LogP contribution in [0, 0.1) is 0 Å². The number of para-hydroxylation sites is 1. The smallest absolute Gasteiger partial charge is 0.227 e. The van der Waals surface area contributed by atoms with Crippen LogP contribution in [0.5, 0.6) is 5.75 Å². The zero-order chi connectivity index (χ0) is 12.2. The van der Waals surface area contributed by atoms with Gasteiger partial charge in [0.1, 0.15) is 5.75 Å². The molecule has 2 heterocycles. The van der Waals surface area contributed by atoms with E-state index in [1.54, 1.807) is 0 Å². The molecule has 0 saturated heterocycles. The molecule has 1 aromatic heterocycles. The summed E-state index contributed by atoms with van der Waals surface area (Å²) in [6.07, 6.45) is 2.19. The second-order valence-electron chi connectivity index (χ2n) is 4.33. The summed E-state index contributed by atoms with van der Waals surface area (Å²) in [7, 11) is 0. The van der Waals surface area contributed by atoms with Crippen LogP contribution in [-0.4, -0.2) is 29.8 Å². The zero-order valence-corrected chi connectivity index (χ0v) is 10.0. The van der Waals surface area contributed by atoms with Gasteiger partial charge in [-0.1, -0.05) is 23.4 Å².